The molecule has 1 amide bonds. The van der Waals surface area contributed by atoms with Crippen LogP contribution in [0.4, 0.5) is 24.8 Å². The highest BCUT2D eigenvalue weighted by molar-refractivity contribution is 6.03. The predicted molar refractivity (Wildman–Crippen MR) is 96.5 cm³/mol. The van der Waals surface area contributed by atoms with E-state index >= 15 is 0 Å². The van der Waals surface area contributed by atoms with E-state index in [1.54, 1.807) is 20.8 Å². The number of carboxylic acids is 1. The lowest BCUT2D eigenvalue weighted by molar-refractivity contribution is -0.141. The Hall–Kier alpha value is -3.17. The molecule has 2 aromatic rings. The van der Waals surface area contributed by atoms with E-state index in [4.69, 9.17) is 5.11 Å². The zero-order chi connectivity index (χ0) is 21.1. The molecule has 1 heterocycles. The lowest BCUT2D eigenvalue weighted by atomic mass is 10.2. The topological polar surface area (TPSA) is 95.4 Å². The summed E-state index contributed by atoms with van der Waals surface area (Å²) in [4.78, 5) is 32.4. The van der Waals surface area contributed by atoms with E-state index in [1.807, 2.05) is 0 Å². The number of aromatic nitrogens is 2. The van der Waals surface area contributed by atoms with E-state index in [9.17, 15) is 22.8 Å². The number of nitrogens with one attached hydrogen (secondary N) is 1. The standard InChI is InChI=1S/C18H19F3N4O3/c1-4-25(10(2)3)17-23-13(9-14(24-17)18(19,20)21)15(26)22-12-7-5-11(6-8-12)16(27)28/h5-10H,4H2,1-3H3,(H,22,26)(H,27,28). The molecule has 0 bridgehead atoms. The molecule has 7 nitrogen and oxygen atoms in total. The molecule has 0 unspecified atom stereocenters. The molecule has 0 atom stereocenters. The third kappa shape index (κ3) is 4.96. The summed E-state index contributed by atoms with van der Waals surface area (Å²) < 4.78 is 39.7. The monoisotopic (exact) mass is 396 g/mol. The van der Waals surface area contributed by atoms with E-state index in [0.717, 1.165) is 0 Å². The minimum Gasteiger partial charge on any atom is -0.478 e. The molecule has 0 radical (unpaired) electrons. The van der Waals surface area contributed by atoms with Crippen molar-refractivity contribution >= 4 is 23.5 Å². The van der Waals surface area contributed by atoms with Crippen LogP contribution in [0, 0.1) is 0 Å². The highest BCUT2D eigenvalue weighted by atomic mass is 19.4. The van der Waals surface area contributed by atoms with Gasteiger partial charge in [0.1, 0.15) is 5.69 Å². The molecule has 0 aliphatic rings. The van der Waals surface area contributed by atoms with Crippen molar-refractivity contribution in [3.05, 3.63) is 47.3 Å². The maximum Gasteiger partial charge on any atom is 0.433 e. The molecule has 2 rings (SSSR count). The summed E-state index contributed by atoms with van der Waals surface area (Å²) in [5.74, 6) is -2.20. The van der Waals surface area contributed by atoms with Crippen LogP contribution in [-0.2, 0) is 6.18 Å². The zero-order valence-electron chi connectivity index (χ0n) is 15.4. The minimum atomic E-state index is -4.74. The van der Waals surface area contributed by atoms with Gasteiger partial charge in [0.2, 0.25) is 5.95 Å². The number of aromatic carboxylic acids is 1. The lowest BCUT2D eigenvalue weighted by Crippen LogP contribution is -2.33. The van der Waals surface area contributed by atoms with Gasteiger partial charge in [-0.05, 0) is 45.0 Å². The first-order valence-corrected chi connectivity index (χ1v) is 8.40. The van der Waals surface area contributed by atoms with Gasteiger partial charge in [-0.1, -0.05) is 0 Å². The van der Waals surface area contributed by atoms with Crippen molar-refractivity contribution in [2.24, 2.45) is 0 Å². The first-order chi connectivity index (χ1) is 13.0. The predicted octanol–water partition coefficient (Wildman–Crippen LogP) is 3.68. The third-order valence-corrected chi connectivity index (χ3v) is 3.85. The molecule has 2 N–H and O–H groups in total. The van der Waals surface area contributed by atoms with Gasteiger partial charge in [-0.15, -0.1) is 0 Å². The number of carboxylic acid groups (broad SMARTS) is 1. The second kappa shape index (κ2) is 8.24. The summed E-state index contributed by atoms with van der Waals surface area (Å²) in [7, 11) is 0. The zero-order valence-corrected chi connectivity index (χ0v) is 15.4. The van der Waals surface area contributed by atoms with Crippen molar-refractivity contribution < 1.29 is 27.9 Å². The Balaban J connectivity index is 2.39. The van der Waals surface area contributed by atoms with Gasteiger partial charge >= 0.3 is 12.1 Å². The van der Waals surface area contributed by atoms with Crippen molar-refractivity contribution in [2.75, 3.05) is 16.8 Å². The summed E-state index contributed by atoms with van der Waals surface area (Å²) in [6, 6.07) is 5.61. The van der Waals surface area contributed by atoms with Crippen molar-refractivity contribution in [3.8, 4) is 0 Å². The number of benzene rings is 1. The Kier molecular flexibility index (Phi) is 6.22. The summed E-state index contributed by atoms with van der Waals surface area (Å²) in [6.45, 7) is 5.65. The average Bonchev–Trinajstić information content (AvgIpc) is 2.61. The number of alkyl halides is 3. The fourth-order valence-corrected chi connectivity index (χ4v) is 2.45. The van der Waals surface area contributed by atoms with Crippen LogP contribution >= 0.6 is 0 Å². The molecule has 28 heavy (non-hydrogen) atoms. The summed E-state index contributed by atoms with van der Waals surface area (Å²) in [5, 5.41) is 11.3. The molecule has 150 valence electrons. The third-order valence-electron chi connectivity index (χ3n) is 3.85. The van der Waals surface area contributed by atoms with Crippen LogP contribution in [0.5, 0.6) is 0 Å². The lowest BCUT2D eigenvalue weighted by Gasteiger charge is -2.26. The van der Waals surface area contributed by atoms with Gasteiger partial charge in [0.05, 0.1) is 5.56 Å². The van der Waals surface area contributed by atoms with Gasteiger partial charge in [0, 0.05) is 24.3 Å². The SMILES string of the molecule is CCN(c1nc(C(=O)Nc2ccc(C(=O)O)cc2)cc(C(F)(F)F)n1)C(C)C. The fourth-order valence-electron chi connectivity index (χ4n) is 2.45. The number of halogens is 3. The smallest absolute Gasteiger partial charge is 0.433 e. The molecule has 0 aliphatic carbocycles. The molecule has 0 saturated heterocycles. The normalized spacial score (nSPS) is 11.4. The van der Waals surface area contributed by atoms with Crippen molar-refractivity contribution in [1.29, 1.82) is 0 Å². The van der Waals surface area contributed by atoms with E-state index < -0.39 is 29.4 Å². The maximum absolute atomic E-state index is 13.2. The number of rotatable bonds is 6. The highest BCUT2D eigenvalue weighted by Gasteiger charge is 2.35. The van der Waals surface area contributed by atoms with Crippen molar-refractivity contribution in [3.63, 3.8) is 0 Å². The minimum absolute atomic E-state index is 0.0113. The van der Waals surface area contributed by atoms with E-state index in [2.05, 4.69) is 15.3 Å². The summed E-state index contributed by atoms with van der Waals surface area (Å²) in [5.41, 5.74) is -1.43. The van der Waals surface area contributed by atoms with Gasteiger partial charge in [0.15, 0.2) is 5.69 Å². The number of hydrogen-bond donors (Lipinski definition) is 2. The van der Waals surface area contributed by atoms with Crippen LogP contribution < -0.4 is 10.2 Å². The second-order valence-electron chi connectivity index (χ2n) is 6.15. The molecular formula is C18H19F3N4O3. The van der Waals surface area contributed by atoms with E-state index in [1.165, 1.54) is 29.2 Å². The Morgan fingerprint density at radius 1 is 1.18 bits per heavy atom. The molecule has 1 aromatic carbocycles. The molecule has 0 aliphatic heterocycles. The first-order valence-electron chi connectivity index (χ1n) is 8.40. The molecule has 0 fully saturated rings. The Bertz CT molecular complexity index is 867. The Morgan fingerprint density at radius 2 is 1.79 bits per heavy atom. The van der Waals surface area contributed by atoms with Gasteiger partial charge < -0.3 is 15.3 Å². The number of hydrogen-bond acceptors (Lipinski definition) is 5. The average molecular weight is 396 g/mol. The summed E-state index contributed by atoms with van der Waals surface area (Å²) in [6.07, 6.45) is -4.74. The van der Waals surface area contributed by atoms with E-state index in [0.29, 0.717) is 12.6 Å². The van der Waals surface area contributed by atoms with Crippen molar-refractivity contribution in [2.45, 2.75) is 33.0 Å². The number of carbonyl (C=O) groups is 2. The number of amides is 1. The van der Waals surface area contributed by atoms with Crippen LogP contribution in [0.1, 0.15) is 47.3 Å². The summed E-state index contributed by atoms with van der Waals surface area (Å²) >= 11 is 0. The number of carbonyl (C=O) groups excluding carboxylic acids is 1. The van der Waals surface area contributed by atoms with Gasteiger partial charge in [-0.2, -0.15) is 13.2 Å². The number of anilines is 2. The maximum atomic E-state index is 13.2. The van der Waals surface area contributed by atoms with E-state index in [-0.39, 0.29) is 23.2 Å². The quantitative estimate of drug-likeness (QED) is 0.773. The van der Waals surface area contributed by atoms with Crippen molar-refractivity contribution in [1.82, 2.24) is 9.97 Å². The Labute approximate surface area is 159 Å². The largest absolute Gasteiger partial charge is 0.478 e. The van der Waals surface area contributed by atoms with Crippen LogP contribution in [0.25, 0.3) is 0 Å². The van der Waals surface area contributed by atoms with Crippen LogP contribution in [-0.4, -0.2) is 39.5 Å². The molecule has 1 aromatic heterocycles. The second-order valence-corrected chi connectivity index (χ2v) is 6.15. The van der Waals surface area contributed by atoms with Crippen LogP contribution in [0.3, 0.4) is 0 Å². The molecule has 0 saturated carbocycles. The van der Waals surface area contributed by atoms with Gasteiger partial charge in [-0.3, -0.25) is 4.79 Å². The molecular weight excluding hydrogens is 377 g/mol. The molecule has 10 heteroatoms. The van der Waals surface area contributed by atoms with Crippen LogP contribution in [0.15, 0.2) is 30.3 Å². The molecule has 0 spiro atoms. The van der Waals surface area contributed by atoms with Gasteiger partial charge in [-0.25, -0.2) is 14.8 Å². The van der Waals surface area contributed by atoms with Crippen LogP contribution in [0.2, 0.25) is 0 Å². The highest BCUT2D eigenvalue weighted by Crippen LogP contribution is 2.29. The number of nitrogens with zero attached hydrogens (tertiary/aromatic N) is 3. The van der Waals surface area contributed by atoms with Gasteiger partial charge in [0.25, 0.3) is 5.91 Å². The fraction of sp³-hybridized carbons (Fsp3) is 0.333. The first kappa shape index (κ1) is 21.1. The Morgan fingerprint density at radius 3 is 2.25 bits per heavy atom.